The number of nitrogens with one attached hydrogen (secondary N) is 2. The highest BCUT2D eigenvalue weighted by Gasteiger charge is 2.33. The van der Waals surface area contributed by atoms with E-state index < -0.39 is 0 Å². The maximum absolute atomic E-state index is 11.3. The summed E-state index contributed by atoms with van der Waals surface area (Å²) >= 11 is 0. The van der Waals surface area contributed by atoms with Gasteiger partial charge in [-0.05, 0) is 25.8 Å². The molecular weight excluding hydrogens is 140 g/mol. The molecular formula is C8H14N2O. The Kier molecular flexibility index (Phi) is 1.82. The molecule has 0 aromatic rings. The third kappa shape index (κ3) is 1.25. The lowest BCUT2D eigenvalue weighted by Crippen LogP contribution is -2.53. The molecule has 0 aliphatic carbocycles. The number of hydrogen-bond acceptors (Lipinski definition) is 2. The summed E-state index contributed by atoms with van der Waals surface area (Å²) in [6.07, 6.45) is 3.33. The normalized spacial score (nSPS) is 37.6. The minimum Gasteiger partial charge on any atom is -0.356 e. The molecule has 2 saturated heterocycles. The van der Waals surface area contributed by atoms with Crippen LogP contribution in [-0.2, 0) is 4.79 Å². The summed E-state index contributed by atoms with van der Waals surface area (Å²) in [5.41, 5.74) is 0. The molecule has 2 rings (SSSR count). The van der Waals surface area contributed by atoms with Gasteiger partial charge in [-0.15, -0.1) is 0 Å². The van der Waals surface area contributed by atoms with E-state index in [9.17, 15) is 4.79 Å². The van der Waals surface area contributed by atoms with Crippen molar-refractivity contribution < 1.29 is 4.79 Å². The average molecular weight is 154 g/mol. The van der Waals surface area contributed by atoms with Gasteiger partial charge in [-0.1, -0.05) is 0 Å². The van der Waals surface area contributed by atoms with E-state index in [-0.39, 0.29) is 11.8 Å². The summed E-state index contributed by atoms with van der Waals surface area (Å²) in [4.78, 5) is 11.3. The van der Waals surface area contributed by atoms with E-state index in [1.807, 2.05) is 0 Å². The van der Waals surface area contributed by atoms with Crippen molar-refractivity contribution in [2.24, 2.45) is 5.92 Å². The summed E-state index contributed by atoms with van der Waals surface area (Å²) in [5.74, 6) is 0.519. The number of fused-ring (bicyclic) bond motifs is 1. The van der Waals surface area contributed by atoms with Gasteiger partial charge in [0, 0.05) is 12.6 Å². The van der Waals surface area contributed by atoms with Gasteiger partial charge in [-0.3, -0.25) is 4.79 Å². The molecule has 2 fully saturated rings. The van der Waals surface area contributed by atoms with E-state index in [0.717, 1.165) is 32.4 Å². The van der Waals surface area contributed by atoms with Gasteiger partial charge in [-0.2, -0.15) is 0 Å². The van der Waals surface area contributed by atoms with Crippen LogP contribution in [0.2, 0.25) is 0 Å². The zero-order valence-corrected chi connectivity index (χ0v) is 6.60. The molecule has 0 spiro atoms. The van der Waals surface area contributed by atoms with Crippen LogP contribution in [0.3, 0.4) is 0 Å². The zero-order chi connectivity index (χ0) is 7.68. The first kappa shape index (κ1) is 7.10. The fourth-order valence-electron chi connectivity index (χ4n) is 2.05. The molecule has 3 nitrogen and oxygen atoms in total. The van der Waals surface area contributed by atoms with Crippen LogP contribution in [0.1, 0.15) is 19.3 Å². The lowest BCUT2D eigenvalue weighted by Gasteiger charge is -2.35. The molecule has 2 heterocycles. The summed E-state index contributed by atoms with van der Waals surface area (Å²) in [7, 11) is 0. The van der Waals surface area contributed by atoms with Crippen molar-refractivity contribution in [3.63, 3.8) is 0 Å². The van der Waals surface area contributed by atoms with Crippen molar-refractivity contribution in [2.75, 3.05) is 13.1 Å². The Morgan fingerprint density at radius 1 is 1.27 bits per heavy atom. The van der Waals surface area contributed by atoms with Crippen molar-refractivity contribution >= 4 is 5.91 Å². The van der Waals surface area contributed by atoms with Crippen LogP contribution in [0.4, 0.5) is 0 Å². The van der Waals surface area contributed by atoms with E-state index >= 15 is 0 Å². The second-order valence-electron chi connectivity index (χ2n) is 3.39. The molecule has 3 heteroatoms. The van der Waals surface area contributed by atoms with Gasteiger partial charge < -0.3 is 10.6 Å². The first-order valence-electron chi connectivity index (χ1n) is 4.39. The molecule has 0 unspecified atom stereocenters. The molecule has 2 aliphatic heterocycles. The van der Waals surface area contributed by atoms with Crippen molar-refractivity contribution in [3.05, 3.63) is 0 Å². The first-order chi connectivity index (χ1) is 5.38. The van der Waals surface area contributed by atoms with Crippen LogP contribution in [0.5, 0.6) is 0 Å². The van der Waals surface area contributed by atoms with Gasteiger partial charge in [-0.25, -0.2) is 0 Å². The second-order valence-corrected chi connectivity index (χ2v) is 3.39. The predicted molar refractivity (Wildman–Crippen MR) is 42.1 cm³/mol. The highest BCUT2D eigenvalue weighted by Crippen LogP contribution is 2.21. The average Bonchev–Trinajstić information content (AvgIpc) is 2.06. The number of amides is 1. The van der Waals surface area contributed by atoms with Crippen LogP contribution in [-0.4, -0.2) is 25.0 Å². The SMILES string of the molecule is O=C1NCC[C@H]2NCCC[C@H]12. The Hall–Kier alpha value is -0.570. The Labute approximate surface area is 66.5 Å². The topological polar surface area (TPSA) is 41.1 Å². The molecule has 0 saturated carbocycles. The van der Waals surface area contributed by atoms with Gasteiger partial charge >= 0.3 is 0 Å². The molecule has 0 aromatic carbocycles. The molecule has 62 valence electrons. The van der Waals surface area contributed by atoms with E-state index in [2.05, 4.69) is 10.6 Å². The summed E-state index contributed by atoms with van der Waals surface area (Å²) in [6.45, 7) is 1.95. The maximum Gasteiger partial charge on any atom is 0.224 e. The lowest BCUT2D eigenvalue weighted by atomic mass is 9.86. The smallest absolute Gasteiger partial charge is 0.224 e. The lowest BCUT2D eigenvalue weighted by molar-refractivity contribution is -0.128. The summed E-state index contributed by atoms with van der Waals surface area (Å²) in [6, 6.07) is 0.470. The Bertz CT molecular complexity index is 167. The van der Waals surface area contributed by atoms with Crippen LogP contribution in [0.25, 0.3) is 0 Å². The molecule has 0 bridgehead atoms. The minimum atomic E-state index is 0.258. The third-order valence-corrected chi connectivity index (χ3v) is 2.68. The fraction of sp³-hybridized carbons (Fsp3) is 0.875. The van der Waals surface area contributed by atoms with Crippen LogP contribution >= 0.6 is 0 Å². The molecule has 2 N–H and O–H groups in total. The Morgan fingerprint density at radius 2 is 2.18 bits per heavy atom. The number of carbonyl (C=O) groups is 1. The van der Waals surface area contributed by atoms with Gasteiger partial charge in [0.05, 0.1) is 5.92 Å². The van der Waals surface area contributed by atoms with Gasteiger partial charge in [0.15, 0.2) is 0 Å². The van der Waals surface area contributed by atoms with Gasteiger partial charge in [0.2, 0.25) is 5.91 Å². The van der Waals surface area contributed by atoms with Gasteiger partial charge in [0.25, 0.3) is 0 Å². The minimum absolute atomic E-state index is 0.258. The monoisotopic (exact) mass is 154 g/mol. The fourth-order valence-corrected chi connectivity index (χ4v) is 2.05. The standard InChI is InChI=1S/C8H14N2O/c11-8-6-2-1-4-9-7(6)3-5-10-8/h6-7,9H,1-5H2,(H,10,11)/t6-,7+/m0/s1. The highest BCUT2D eigenvalue weighted by molar-refractivity contribution is 5.80. The first-order valence-corrected chi connectivity index (χ1v) is 4.39. The van der Waals surface area contributed by atoms with E-state index in [1.165, 1.54) is 0 Å². The number of carbonyl (C=O) groups excluding carboxylic acids is 1. The zero-order valence-electron chi connectivity index (χ0n) is 6.60. The van der Waals surface area contributed by atoms with Crippen molar-refractivity contribution in [2.45, 2.75) is 25.3 Å². The predicted octanol–water partition coefficient (Wildman–Crippen LogP) is -0.126. The maximum atomic E-state index is 11.3. The van der Waals surface area contributed by atoms with Crippen molar-refractivity contribution in [1.82, 2.24) is 10.6 Å². The summed E-state index contributed by atoms with van der Waals surface area (Å²) < 4.78 is 0. The number of rotatable bonds is 0. The third-order valence-electron chi connectivity index (χ3n) is 2.68. The number of piperidine rings is 2. The second kappa shape index (κ2) is 2.81. The van der Waals surface area contributed by atoms with Crippen LogP contribution < -0.4 is 10.6 Å². The van der Waals surface area contributed by atoms with E-state index in [4.69, 9.17) is 0 Å². The van der Waals surface area contributed by atoms with Crippen LogP contribution in [0, 0.1) is 5.92 Å². The van der Waals surface area contributed by atoms with Crippen molar-refractivity contribution in [3.8, 4) is 0 Å². The number of hydrogen-bond donors (Lipinski definition) is 2. The Morgan fingerprint density at radius 3 is 3.00 bits per heavy atom. The van der Waals surface area contributed by atoms with E-state index in [1.54, 1.807) is 0 Å². The highest BCUT2D eigenvalue weighted by atomic mass is 16.2. The summed E-state index contributed by atoms with van der Waals surface area (Å²) in [5, 5.41) is 6.29. The largest absolute Gasteiger partial charge is 0.356 e. The molecule has 11 heavy (non-hydrogen) atoms. The molecule has 1 amide bonds. The van der Waals surface area contributed by atoms with Crippen LogP contribution in [0.15, 0.2) is 0 Å². The molecule has 0 aromatic heterocycles. The quantitative estimate of drug-likeness (QED) is 0.510. The van der Waals surface area contributed by atoms with Gasteiger partial charge in [0.1, 0.15) is 0 Å². The Balaban J connectivity index is 2.05. The van der Waals surface area contributed by atoms with Crippen molar-refractivity contribution in [1.29, 1.82) is 0 Å². The molecule has 2 aliphatic rings. The molecule has 0 radical (unpaired) electrons. The molecule has 2 atom stereocenters. The van der Waals surface area contributed by atoms with E-state index in [0.29, 0.717) is 6.04 Å².